The van der Waals surface area contributed by atoms with Crippen LogP contribution >= 0.6 is 12.4 Å². The Kier molecular flexibility index (Phi) is 5.22. The summed E-state index contributed by atoms with van der Waals surface area (Å²) in [5.41, 5.74) is 0. The molecule has 2 aliphatic heterocycles. The van der Waals surface area contributed by atoms with E-state index in [-0.39, 0.29) is 18.4 Å². The maximum atomic E-state index is 12.1. The lowest BCUT2D eigenvalue weighted by Crippen LogP contribution is -2.58. The molecule has 0 aromatic carbocycles. The second-order valence-corrected chi connectivity index (χ2v) is 5.46. The molecule has 0 radical (unpaired) electrons. The molecule has 4 nitrogen and oxygen atoms in total. The van der Waals surface area contributed by atoms with E-state index in [1.165, 1.54) is 12.8 Å². The molecule has 2 amide bonds. The predicted octanol–water partition coefficient (Wildman–Crippen LogP) is 1.36. The highest BCUT2D eigenvalue weighted by Crippen LogP contribution is 2.24. The molecule has 2 fully saturated rings. The van der Waals surface area contributed by atoms with Crippen molar-refractivity contribution >= 4 is 18.4 Å². The van der Waals surface area contributed by atoms with E-state index in [1.807, 2.05) is 0 Å². The van der Waals surface area contributed by atoms with E-state index >= 15 is 0 Å². The fourth-order valence-electron chi connectivity index (χ4n) is 3.02. The molecule has 2 aliphatic rings. The molecule has 17 heavy (non-hydrogen) atoms. The van der Waals surface area contributed by atoms with Crippen LogP contribution in [0.15, 0.2) is 0 Å². The molecular weight excluding hydrogens is 238 g/mol. The Morgan fingerprint density at radius 2 is 1.94 bits per heavy atom. The second-order valence-electron chi connectivity index (χ2n) is 5.46. The first-order valence-electron chi connectivity index (χ1n) is 6.51. The molecule has 2 rings (SSSR count). The summed E-state index contributed by atoms with van der Waals surface area (Å²) in [6.07, 6.45) is 2.44. The van der Waals surface area contributed by atoms with E-state index in [0.29, 0.717) is 16.4 Å². The highest BCUT2D eigenvalue weighted by atomic mass is 35.5. The van der Waals surface area contributed by atoms with Crippen molar-refractivity contribution in [2.24, 2.45) is 5.92 Å². The highest BCUT2D eigenvalue weighted by molar-refractivity contribution is 5.85. The first-order chi connectivity index (χ1) is 7.65. The molecule has 0 aromatic rings. The van der Waals surface area contributed by atoms with Gasteiger partial charge in [-0.15, -0.1) is 12.4 Å². The number of hydrogen-bond acceptors (Lipinski definition) is 2. The normalized spacial score (nSPS) is 30.2. The van der Waals surface area contributed by atoms with Crippen LogP contribution in [0.1, 0.15) is 26.7 Å². The van der Waals surface area contributed by atoms with Gasteiger partial charge in [0.25, 0.3) is 0 Å². The first-order valence-corrected chi connectivity index (χ1v) is 6.51. The molecule has 1 atom stereocenters. The Labute approximate surface area is 110 Å². The monoisotopic (exact) mass is 262 g/mol. The number of amides is 2. The Morgan fingerprint density at radius 3 is 2.41 bits per heavy atom. The smallest absolute Gasteiger partial charge is 0.317 e. The van der Waals surface area contributed by atoms with Crippen LogP contribution in [0, 0.1) is 5.92 Å². The van der Waals surface area contributed by atoms with Crippen molar-refractivity contribution in [2.75, 3.05) is 32.7 Å². The minimum Gasteiger partial charge on any atom is -0.317 e. The lowest BCUT2D eigenvalue weighted by atomic mass is 9.96. The van der Waals surface area contributed by atoms with Crippen molar-refractivity contribution in [3.63, 3.8) is 0 Å². The summed E-state index contributed by atoms with van der Waals surface area (Å²) in [6, 6.07) is 0.644. The molecule has 0 bridgehead atoms. The van der Waals surface area contributed by atoms with E-state index in [0.717, 1.165) is 32.7 Å². The Morgan fingerprint density at radius 1 is 1.29 bits per heavy atom. The van der Waals surface area contributed by atoms with Crippen LogP contribution in [-0.2, 0) is 0 Å². The maximum absolute atomic E-state index is 12.1. The van der Waals surface area contributed by atoms with Gasteiger partial charge in [0.1, 0.15) is 6.54 Å². The lowest BCUT2D eigenvalue weighted by Gasteiger charge is -2.38. The average Bonchev–Trinajstić information content (AvgIpc) is 2.63. The number of quaternary nitrogens is 1. The van der Waals surface area contributed by atoms with Crippen molar-refractivity contribution < 1.29 is 9.28 Å². The topological polar surface area (TPSA) is 41.1 Å². The Bertz CT molecular complexity index is 266. The zero-order valence-corrected chi connectivity index (χ0v) is 11.7. The molecular formula is C12H25ClN3O+. The quantitative estimate of drug-likeness (QED) is 0.754. The summed E-state index contributed by atoms with van der Waals surface area (Å²) < 4.78 is 0.657. The molecule has 5 heteroatoms. The van der Waals surface area contributed by atoms with E-state index in [9.17, 15) is 4.79 Å². The summed E-state index contributed by atoms with van der Waals surface area (Å²) in [7, 11) is 0. The standard InChI is InChI=1S/C12H23N3O.ClH/c1-10(2)15(8-7-14-12(15)16)9-11-3-5-13-6-4-11;/h10-11,13H,3-9H2,1-2H3;1H/p+1. The van der Waals surface area contributed by atoms with Gasteiger partial charge in [0.2, 0.25) is 0 Å². The van der Waals surface area contributed by atoms with E-state index in [4.69, 9.17) is 0 Å². The number of carbonyl (C=O) groups is 1. The minimum atomic E-state index is 0. The van der Waals surface area contributed by atoms with Gasteiger partial charge in [0.05, 0.1) is 19.1 Å². The highest BCUT2D eigenvalue weighted by Gasteiger charge is 2.45. The van der Waals surface area contributed by atoms with Gasteiger partial charge >= 0.3 is 6.03 Å². The van der Waals surface area contributed by atoms with Crippen molar-refractivity contribution in [1.82, 2.24) is 10.6 Å². The van der Waals surface area contributed by atoms with Gasteiger partial charge in [-0.3, -0.25) is 5.32 Å². The second kappa shape index (κ2) is 6.03. The number of rotatable bonds is 3. The molecule has 100 valence electrons. The molecule has 2 saturated heterocycles. The van der Waals surface area contributed by atoms with Crippen LogP contribution in [0.5, 0.6) is 0 Å². The van der Waals surface area contributed by atoms with Crippen LogP contribution in [-0.4, -0.2) is 49.3 Å². The third kappa shape index (κ3) is 2.92. The zero-order valence-electron chi connectivity index (χ0n) is 10.9. The molecule has 1 unspecified atom stereocenters. The Hall–Kier alpha value is -0.320. The Balaban J connectivity index is 0.00000144. The molecule has 0 saturated carbocycles. The number of nitrogens with zero attached hydrogens (tertiary/aromatic N) is 1. The van der Waals surface area contributed by atoms with Crippen LogP contribution < -0.4 is 10.6 Å². The predicted molar refractivity (Wildman–Crippen MR) is 71.4 cm³/mol. The van der Waals surface area contributed by atoms with Crippen LogP contribution in [0.25, 0.3) is 0 Å². The van der Waals surface area contributed by atoms with Gasteiger partial charge in [0.15, 0.2) is 0 Å². The van der Waals surface area contributed by atoms with Crippen LogP contribution in [0.2, 0.25) is 0 Å². The average molecular weight is 263 g/mol. The number of hydrogen-bond donors (Lipinski definition) is 2. The fraction of sp³-hybridized carbons (Fsp3) is 0.917. The summed E-state index contributed by atoms with van der Waals surface area (Å²) in [5, 5.41) is 6.38. The van der Waals surface area contributed by atoms with Gasteiger partial charge in [-0.25, -0.2) is 9.28 Å². The summed E-state index contributed by atoms with van der Waals surface area (Å²) in [4.78, 5) is 12.1. The summed E-state index contributed by atoms with van der Waals surface area (Å²) in [6.45, 7) is 9.43. The van der Waals surface area contributed by atoms with Crippen LogP contribution in [0.3, 0.4) is 0 Å². The van der Waals surface area contributed by atoms with E-state index in [2.05, 4.69) is 24.5 Å². The number of urea groups is 1. The van der Waals surface area contributed by atoms with Crippen molar-refractivity contribution in [3.8, 4) is 0 Å². The SMILES string of the molecule is CC(C)[N+]1(CC2CCNCC2)CCNC1=O.Cl. The number of halogens is 1. The third-order valence-corrected chi connectivity index (χ3v) is 4.22. The summed E-state index contributed by atoms with van der Waals surface area (Å²) >= 11 is 0. The molecule has 0 aliphatic carbocycles. The minimum absolute atomic E-state index is 0. The van der Waals surface area contributed by atoms with Gasteiger partial charge < -0.3 is 5.32 Å². The number of piperidine rings is 1. The molecule has 2 N–H and O–H groups in total. The third-order valence-electron chi connectivity index (χ3n) is 4.22. The van der Waals surface area contributed by atoms with Gasteiger partial charge in [-0.1, -0.05) is 0 Å². The number of carbonyl (C=O) groups excluding carboxylic acids is 1. The van der Waals surface area contributed by atoms with Crippen LogP contribution in [0.4, 0.5) is 4.79 Å². The van der Waals surface area contributed by atoms with Gasteiger partial charge in [-0.05, 0) is 39.8 Å². The molecule has 0 spiro atoms. The van der Waals surface area contributed by atoms with Crippen molar-refractivity contribution in [1.29, 1.82) is 0 Å². The maximum Gasteiger partial charge on any atom is 0.417 e. The number of nitrogens with one attached hydrogen (secondary N) is 2. The fourth-order valence-corrected chi connectivity index (χ4v) is 3.02. The largest absolute Gasteiger partial charge is 0.417 e. The first kappa shape index (κ1) is 14.7. The summed E-state index contributed by atoms with van der Waals surface area (Å²) in [5.74, 6) is 0.715. The van der Waals surface area contributed by atoms with Gasteiger partial charge in [-0.2, -0.15) is 0 Å². The van der Waals surface area contributed by atoms with Crippen molar-refractivity contribution in [3.05, 3.63) is 0 Å². The van der Waals surface area contributed by atoms with Gasteiger partial charge in [0, 0.05) is 5.92 Å². The molecule has 2 heterocycles. The molecule has 0 aromatic heterocycles. The zero-order chi connectivity index (χ0) is 11.6. The van der Waals surface area contributed by atoms with E-state index < -0.39 is 0 Å². The lowest BCUT2D eigenvalue weighted by molar-refractivity contribution is -0.866. The van der Waals surface area contributed by atoms with Crippen molar-refractivity contribution in [2.45, 2.75) is 32.7 Å². The van der Waals surface area contributed by atoms with E-state index in [1.54, 1.807) is 0 Å².